The number of amides is 5. The molecule has 2 heterocycles. The first-order chi connectivity index (χ1) is 17.3. The van der Waals surface area contributed by atoms with E-state index in [1.54, 1.807) is 18.2 Å². The number of nitrogens with one attached hydrogen (secondary N) is 3. The van der Waals surface area contributed by atoms with Gasteiger partial charge in [0, 0.05) is 25.1 Å². The first-order valence-electron chi connectivity index (χ1n) is 12.9. The van der Waals surface area contributed by atoms with Crippen LogP contribution in [0.2, 0.25) is 0 Å². The molecule has 1 saturated heterocycles. The lowest BCUT2D eigenvalue weighted by molar-refractivity contribution is -0.136. The Morgan fingerprint density at radius 1 is 1.06 bits per heavy atom. The second-order valence-electron chi connectivity index (χ2n) is 9.96. The van der Waals surface area contributed by atoms with Crippen molar-refractivity contribution in [1.29, 1.82) is 0 Å². The van der Waals surface area contributed by atoms with Crippen LogP contribution in [0.5, 0.6) is 0 Å². The van der Waals surface area contributed by atoms with Crippen LogP contribution in [-0.4, -0.2) is 64.3 Å². The average Bonchev–Trinajstić information content (AvgIpc) is 3.09. The predicted octanol–water partition coefficient (Wildman–Crippen LogP) is 1.87. The minimum absolute atomic E-state index is 0.00503. The summed E-state index contributed by atoms with van der Waals surface area (Å²) in [6.07, 6.45) is 7.97. The molecule has 2 aliphatic heterocycles. The van der Waals surface area contributed by atoms with Gasteiger partial charge in [0.2, 0.25) is 17.7 Å². The van der Waals surface area contributed by atoms with Gasteiger partial charge < -0.3 is 15.7 Å². The van der Waals surface area contributed by atoms with E-state index in [1.165, 1.54) is 0 Å². The average molecular weight is 499 g/mol. The molecular formula is C26H34N4O6. The van der Waals surface area contributed by atoms with Crippen LogP contribution in [0.3, 0.4) is 0 Å². The molecule has 2 fully saturated rings. The van der Waals surface area contributed by atoms with Gasteiger partial charge in [-0.3, -0.25) is 34.2 Å². The lowest BCUT2D eigenvalue weighted by atomic mass is 9.77. The first-order valence-corrected chi connectivity index (χ1v) is 12.9. The van der Waals surface area contributed by atoms with Gasteiger partial charge in [0.05, 0.1) is 23.3 Å². The summed E-state index contributed by atoms with van der Waals surface area (Å²) in [7, 11) is 0. The molecule has 10 heteroatoms. The summed E-state index contributed by atoms with van der Waals surface area (Å²) in [4.78, 5) is 62.7. The Morgan fingerprint density at radius 3 is 2.50 bits per heavy atom. The van der Waals surface area contributed by atoms with Crippen molar-refractivity contribution in [2.45, 2.75) is 82.2 Å². The maximum atomic E-state index is 13.1. The van der Waals surface area contributed by atoms with Gasteiger partial charge in [-0.05, 0) is 50.7 Å². The van der Waals surface area contributed by atoms with Crippen LogP contribution < -0.4 is 16.0 Å². The molecule has 5 amide bonds. The number of carbonyl (C=O) groups is 5. The van der Waals surface area contributed by atoms with Crippen molar-refractivity contribution in [3.8, 4) is 0 Å². The zero-order valence-corrected chi connectivity index (χ0v) is 20.4. The second-order valence-corrected chi connectivity index (χ2v) is 9.96. The van der Waals surface area contributed by atoms with Gasteiger partial charge in [0.15, 0.2) is 0 Å². The van der Waals surface area contributed by atoms with E-state index >= 15 is 0 Å². The monoisotopic (exact) mass is 498 g/mol. The normalized spacial score (nSPS) is 20.6. The zero-order chi connectivity index (χ0) is 25.7. The number of benzene rings is 1. The van der Waals surface area contributed by atoms with E-state index in [9.17, 15) is 29.1 Å². The number of rotatable bonds is 12. The standard InChI is InChI=1S/C26H34N4O6/c31-16-26(13-7-14-26)29-21(33)10-4-2-1-3-5-15-27-18-9-6-8-17-22(18)25(36)30(24(17)35)19-11-12-20(32)28-23(19)34/h6,8-9,19,27,31H,1-5,7,10-16H2,(H,29,33)(H,28,32,34). The van der Waals surface area contributed by atoms with E-state index in [0.717, 1.165) is 56.3 Å². The SMILES string of the molecule is O=C1CCC(N2C(=O)c3cccc(NCCCCCCCC(=O)NC4(CO)CCC4)c3C2=O)C(=O)N1. The lowest BCUT2D eigenvalue weighted by Crippen LogP contribution is -2.56. The fourth-order valence-corrected chi connectivity index (χ4v) is 5.11. The van der Waals surface area contributed by atoms with Crippen molar-refractivity contribution in [3.05, 3.63) is 29.3 Å². The van der Waals surface area contributed by atoms with Crippen LogP contribution in [-0.2, 0) is 14.4 Å². The van der Waals surface area contributed by atoms with Crippen molar-refractivity contribution in [2.24, 2.45) is 0 Å². The fourth-order valence-electron chi connectivity index (χ4n) is 5.11. The highest BCUT2D eigenvalue weighted by molar-refractivity contribution is 6.25. The Morgan fingerprint density at radius 2 is 1.81 bits per heavy atom. The molecule has 0 radical (unpaired) electrons. The molecule has 4 rings (SSSR count). The minimum atomic E-state index is -0.979. The third-order valence-corrected chi connectivity index (χ3v) is 7.38. The Balaban J connectivity index is 1.19. The molecule has 1 saturated carbocycles. The van der Waals surface area contributed by atoms with E-state index in [0.29, 0.717) is 18.7 Å². The Hall–Kier alpha value is -3.27. The molecule has 1 aromatic carbocycles. The number of imide groups is 2. The molecule has 3 aliphatic rings. The highest BCUT2D eigenvalue weighted by Gasteiger charge is 2.45. The summed E-state index contributed by atoms with van der Waals surface area (Å²) in [5.74, 6) is -2.05. The van der Waals surface area contributed by atoms with Gasteiger partial charge in [-0.2, -0.15) is 0 Å². The summed E-state index contributed by atoms with van der Waals surface area (Å²) < 4.78 is 0. The van der Waals surface area contributed by atoms with Crippen molar-refractivity contribution in [1.82, 2.24) is 15.5 Å². The van der Waals surface area contributed by atoms with E-state index in [-0.39, 0.29) is 42.0 Å². The number of aliphatic hydroxyl groups is 1. The molecule has 10 nitrogen and oxygen atoms in total. The van der Waals surface area contributed by atoms with Crippen LogP contribution in [0, 0.1) is 0 Å². The highest BCUT2D eigenvalue weighted by Crippen LogP contribution is 2.33. The van der Waals surface area contributed by atoms with Gasteiger partial charge in [0.1, 0.15) is 6.04 Å². The molecule has 0 spiro atoms. The Labute approximate surface area is 210 Å². The number of carbonyl (C=O) groups excluding carboxylic acids is 5. The maximum absolute atomic E-state index is 13.1. The third kappa shape index (κ3) is 5.43. The number of hydrogen-bond donors (Lipinski definition) is 4. The van der Waals surface area contributed by atoms with Crippen LogP contribution in [0.1, 0.15) is 91.3 Å². The van der Waals surface area contributed by atoms with Gasteiger partial charge in [0.25, 0.3) is 11.8 Å². The van der Waals surface area contributed by atoms with E-state index < -0.39 is 29.7 Å². The highest BCUT2D eigenvalue weighted by atomic mass is 16.3. The van der Waals surface area contributed by atoms with Crippen LogP contribution in [0.15, 0.2) is 18.2 Å². The summed E-state index contributed by atoms with van der Waals surface area (Å²) in [6.45, 7) is 0.626. The zero-order valence-electron chi connectivity index (χ0n) is 20.4. The topological polar surface area (TPSA) is 145 Å². The van der Waals surface area contributed by atoms with Crippen molar-refractivity contribution in [3.63, 3.8) is 0 Å². The van der Waals surface area contributed by atoms with E-state index in [4.69, 9.17) is 0 Å². The predicted molar refractivity (Wildman–Crippen MR) is 131 cm³/mol. The summed E-state index contributed by atoms with van der Waals surface area (Å²) in [5, 5.41) is 17.9. The van der Waals surface area contributed by atoms with Crippen LogP contribution >= 0.6 is 0 Å². The fraction of sp³-hybridized carbons (Fsp3) is 0.577. The van der Waals surface area contributed by atoms with Gasteiger partial charge in [-0.15, -0.1) is 0 Å². The largest absolute Gasteiger partial charge is 0.394 e. The number of anilines is 1. The number of piperidine rings is 1. The van der Waals surface area contributed by atoms with Gasteiger partial charge in [-0.1, -0.05) is 25.3 Å². The molecule has 1 aromatic rings. The van der Waals surface area contributed by atoms with Crippen molar-refractivity contribution < 1.29 is 29.1 Å². The van der Waals surface area contributed by atoms with Crippen LogP contribution in [0.25, 0.3) is 0 Å². The first kappa shape index (κ1) is 25.8. The summed E-state index contributed by atoms with van der Waals surface area (Å²) in [6, 6.07) is 4.05. The Bertz CT molecular complexity index is 1050. The van der Waals surface area contributed by atoms with Crippen molar-refractivity contribution in [2.75, 3.05) is 18.5 Å². The molecule has 1 unspecified atom stereocenters. The number of hydrogen-bond acceptors (Lipinski definition) is 7. The lowest BCUT2D eigenvalue weighted by Gasteiger charge is -2.41. The van der Waals surface area contributed by atoms with Crippen LogP contribution in [0.4, 0.5) is 5.69 Å². The van der Waals surface area contributed by atoms with Gasteiger partial charge >= 0.3 is 0 Å². The third-order valence-electron chi connectivity index (χ3n) is 7.38. The number of nitrogens with zero attached hydrogens (tertiary/aromatic N) is 1. The molecule has 1 aliphatic carbocycles. The minimum Gasteiger partial charge on any atom is -0.394 e. The smallest absolute Gasteiger partial charge is 0.264 e. The molecule has 0 bridgehead atoms. The molecule has 4 N–H and O–H groups in total. The molecule has 194 valence electrons. The molecule has 36 heavy (non-hydrogen) atoms. The number of fused-ring (bicyclic) bond motifs is 1. The Kier molecular flexibility index (Phi) is 8.03. The molecule has 1 atom stereocenters. The van der Waals surface area contributed by atoms with Crippen molar-refractivity contribution >= 4 is 35.2 Å². The summed E-state index contributed by atoms with van der Waals surface area (Å²) >= 11 is 0. The second kappa shape index (κ2) is 11.2. The number of aliphatic hydroxyl groups excluding tert-OH is 1. The van der Waals surface area contributed by atoms with E-state index in [2.05, 4.69) is 16.0 Å². The maximum Gasteiger partial charge on any atom is 0.264 e. The number of unbranched alkanes of at least 4 members (excludes halogenated alkanes) is 4. The molecule has 0 aromatic heterocycles. The summed E-state index contributed by atoms with van der Waals surface area (Å²) in [5.41, 5.74) is 0.708. The quantitative estimate of drug-likeness (QED) is 0.254. The van der Waals surface area contributed by atoms with E-state index in [1.807, 2.05) is 0 Å². The van der Waals surface area contributed by atoms with Gasteiger partial charge in [-0.25, -0.2) is 0 Å². The molecular weight excluding hydrogens is 464 g/mol.